The number of ketones is 1. The number of carbonyl (C=O) groups excluding carboxylic acids is 2. The maximum absolute atomic E-state index is 14.4. The van der Waals surface area contributed by atoms with Crippen LogP contribution >= 0.6 is 22.9 Å². The average Bonchev–Trinajstić information content (AvgIpc) is 3.63. The molecule has 5 rings (SSSR count). The first-order valence-electron chi connectivity index (χ1n) is 12.7. The molecule has 7 heteroatoms. The fourth-order valence-electron chi connectivity index (χ4n) is 6.36. The first kappa shape index (κ1) is 25.7. The van der Waals surface area contributed by atoms with Gasteiger partial charge in [-0.2, -0.15) is 0 Å². The number of nitrogens with zero attached hydrogens (tertiary/aromatic N) is 1. The van der Waals surface area contributed by atoms with Crippen LogP contribution in [0.5, 0.6) is 0 Å². The minimum Gasteiger partial charge on any atom is -0.479 e. The molecule has 1 N–H and O–H groups in total. The molecule has 1 aliphatic carbocycles. The van der Waals surface area contributed by atoms with Gasteiger partial charge in [0, 0.05) is 27.3 Å². The Morgan fingerprint density at radius 3 is 2.38 bits per heavy atom. The van der Waals surface area contributed by atoms with Crippen molar-refractivity contribution in [2.45, 2.75) is 57.0 Å². The minimum absolute atomic E-state index is 0.170. The Balaban J connectivity index is 1.78. The highest BCUT2D eigenvalue weighted by Gasteiger charge is 2.65. The van der Waals surface area contributed by atoms with Crippen LogP contribution in [-0.2, 0) is 9.59 Å². The van der Waals surface area contributed by atoms with E-state index < -0.39 is 29.4 Å². The van der Waals surface area contributed by atoms with Crippen LogP contribution in [0.4, 0.5) is 0 Å². The number of hydrogen-bond donors (Lipinski definition) is 1. The molecule has 3 aromatic rings. The summed E-state index contributed by atoms with van der Waals surface area (Å²) in [7, 11) is 0. The molecule has 0 spiro atoms. The summed E-state index contributed by atoms with van der Waals surface area (Å²) in [4.78, 5) is 44.2. The van der Waals surface area contributed by atoms with Crippen molar-refractivity contribution >= 4 is 40.6 Å². The zero-order chi connectivity index (χ0) is 26.3. The van der Waals surface area contributed by atoms with Gasteiger partial charge in [-0.05, 0) is 55.8 Å². The second-order valence-corrected chi connectivity index (χ2v) is 11.8. The van der Waals surface area contributed by atoms with Gasteiger partial charge >= 0.3 is 5.97 Å². The smallest absolute Gasteiger partial charge is 0.330 e. The molecule has 37 heavy (non-hydrogen) atoms. The van der Waals surface area contributed by atoms with E-state index in [1.807, 2.05) is 48.7 Å². The van der Waals surface area contributed by atoms with Gasteiger partial charge in [-0.15, -0.1) is 11.3 Å². The summed E-state index contributed by atoms with van der Waals surface area (Å²) >= 11 is 7.69. The molecule has 0 bridgehead atoms. The summed E-state index contributed by atoms with van der Waals surface area (Å²) in [5.74, 6) is -3.25. The van der Waals surface area contributed by atoms with Crippen LogP contribution in [0.2, 0.25) is 5.02 Å². The number of thiophene rings is 1. The van der Waals surface area contributed by atoms with E-state index >= 15 is 0 Å². The number of hydrogen-bond acceptors (Lipinski definition) is 4. The molecule has 4 unspecified atom stereocenters. The van der Waals surface area contributed by atoms with Gasteiger partial charge in [0.1, 0.15) is 5.54 Å². The first-order valence-corrected chi connectivity index (χ1v) is 14.0. The Labute approximate surface area is 226 Å². The van der Waals surface area contributed by atoms with E-state index in [0.29, 0.717) is 10.6 Å². The summed E-state index contributed by atoms with van der Waals surface area (Å²) in [6.45, 7) is 3.59. The lowest BCUT2D eigenvalue weighted by Gasteiger charge is -2.39. The first-order chi connectivity index (χ1) is 17.7. The second kappa shape index (κ2) is 10.1. The summed E-state index contributed by atoms with van der Waals surface area (Å²) < 4.78 is 0. The van der Waals surface area contributed by atoms with E-state index in [2.05, 4.69) is 0 Å². The molecular weight excluding hydrogens is 506 g/mol. The standard InChI is InChI=1S/C30H30ClNO4S/c1-18-8-5-11-20(16-18)26-24(27(33)21-12-6-13-22(31)17-21)25(23-14-7-15-37-23)30(2,29(35)36)32(26)28(34)19-9-3-4-10-19/h5-8,11-17,19,24-26H,3-4,9-10H2,1-2H3,(H,35,36). The van der Waals surface area contributed by atoms with Crippen molar-refractivity contribution in [3.8, 4) is 0 Å². The number of Topliss-reactive ketones (excluding diaryl/α,β-unsaturated/α-hetero) is 1. The van der Waals surface area contributed by atoms with E-state index in [9.17, 15) is 19.5 Å². The van der Waals surface area contributed by atoms with Crippen LogP contribution in [0.1, 0.15) is 70.9 Å². The summed E-state index contributed by atoms with van der Waals surface area (Å²) in [5.41, 5.74) is 0.562. The molecule has 2 aliphatic rings. The van der Waals surface area contributed by atoms with Gasteiger partial charge in [-0.25, -0.2) is 4.79 Å². The van der Waals surface area contributed by atoms with Gasteiger partial charge in [0.2, 0.25) is 5.91 Å². The van der Waals surface area contributed by atoms with Crippen LogP contribution in [0.25, 0.3) is 0 Å². The molecule has 1 saturated heterocycles. The summed E-state index contributed by atoms with van der Waals surface area (Å²) in [6, 6.07) is 17.5. The van der Waals surface area contributed by atoms with Crippen molar-refractivity contribution in [1.82, 2.24) is 4.90 Å². The van der Waals surface area contributed by atoms with Crippen molar-refractivity contribution in [1.29, 1.82) is 0 Å². The van der Waals surface area contributed by atoms with Crippen molar-refractivity contribution < 1.29 is 19.5 Å². The van der Waals surface area contributed by atoms with Crippen LogP contribution in [0, 0.1) is 18.8 Å². The number of amides is 1. The Kier molecular flexibility index (Phi) is 6.99. The number of benzene rings is 2. The predicted octanol–water partition coefficient (Wildman–Crippen LogP) is 6.91. The van der Waals surface area contributed by atoms with E-state index in [4.69, 9.17) is 11.6 Å². The van der Waals surface area contributed by atoms with Crippen LogP contribution < -0.4 is 0 Å². The summed E-state index contributed by atoms with van der Waals surface area (Å²) in [5, 5.41) is 13.1. The fourth-order valence-corrected chi connectivity index (χ4v) is 7.55. The van der Waals surface area contributed by atoms with E-state index in [1.165, 1.54) is 11.3 Å². The number of aryl methyl sites for hydroxylation is 1. The number of aliphatic carboxylic acids is 1. The average molecular weight is 536 g/mol. The van der Waals surface area contributed by atoms with Gasteiger partial charge < -0.3 is 10.0 Å². The van der Waals surface area contributed by atoms with Gasteiger partial charge in [0.05, 0.1) is 12.0 Å². The van der Waals surface area contributed by atoms with Crippen molar-refractivity contribution in [2.24, 2.45) is 11.8 Å². The number of halogens is 1. The van der Waals surface area contributed by atoms with E-state index in [-0.39, 0.29) is 17.6 Å². The van der Waals surface area contributed by atoms with Crippen LogP contribution in [0.3, 0.4) is 0 Å². The fraction of sp³-hybridized carbons (Fsp3) is 0.367. The van der Waals surface area contributed by atoms with E-state index in [1.54, 1.807) is 36.1 Å². The Morgan fingerprint density at radius 1 is 1.03 bits per heavy atom. The monoisotopic (exact) mass is 535 g/mol. The van der Waals surface area contributed by atoms with Gasteiger partial charge in [0.25, 0.3) is 0 Å². The molecular formula is C30H30ClNO4S. The number of carboxylic acid groups (broad SMARTS) is 1. The third kappa shape index (κ3) is 4.40. The maximum Gasteiger partial charge on any atom is 0.330 e. The molecule has 2 heterocycles. The molecule has 1 amide bonds. The second-order valence-electron chi connectivity index (χ2n) is 10.4. The molecule has 192 valence electrons. The van der Waals surface area contributed by atoms with Crippen molar-refractivity contribution in [3.05, 3.63) is 92.6 Å². The Bertz CT molecular complexity index is 1330. The number of carboxylic acids is 1. The highest BCUT2D eigenvalue weighted by atomic mass is 35.5. The lowest BCUT2D eigenvalue weighted by Crippen LogP contribution is -2.55. The zero-order valence-electron chi connectivity index (χ0n) is 20.9. The summed E-state index contributed by atoms with van der Waals surface area (Å²) in [6.07, 6.45) is 3.37. The molecule has 1 aromatic heterocycles. The number of likely N-dealkylation sites (tertiary alicyclic amines) is 1. The van der Waals surface area contributed by atoms with Crippen molar-refractivity contribution in [2.75, 3.05) is 0 Å². The zero-order valence-corrected chi connectivity index (χ0v) is 22.5. The van der Waals surface area contributed by atoms with Gasteiger partial charge in [-0.3, -0.25) is 9.59 Å². The van der Waals surface area contributed by atoms with Gasteiger partial charge in [-0.1, -0.05) is 72.5 Å². The number of carbonyl (C=O) groups is 3. The molecule has 1 aliphatic heterocycles. The minimum atomic E-state index is -1.61. The third-order valence-electron chi connectivity index (χ3n) is 8.10. The Hall–Kier alpha value is -2.96. The molecule has 4 atom stereocenters. The maximum atomic E-state index is 14.4. The van der Waals surface area contributed by atoms with Crippen molar-refractivity contribution in [3.63, 3.8) is 0 Å². The molecule has 0 radical (unpaired) electrons. The highest BCUT2D eigenvalue weighted by Crippen LogP contribution is 2.58. The topological polar surface area (TPSA) is 74.7 Å². The quantitative estimate of drug-likeness (QED) is 0.348. The Morgan fingerprint density at radius 2 is 1.76 bits per heavy atom. The predicted molar refractivity (Wildman–Crippen MR) is 145 cm³/mol. The lowest BCUT2D eigenvalue weighted by molar-refractivity contribution is -0.159. The third-order valence-corrected chi connectivity index (χ3v) is 9.29. The highest BCUT2D eigenvalue weighted by molar-refractivity contribution is 7.10. The normalized spacial score (nSPS) is 25.9. The van der Waals surface area contributed by atoms with Crippen LogP contribution in [0.15, 0.2) is 66.0 Å². The van der Waals surface area contributed by atoms with E-state index in [0.717, 1.165) is 41.7 Å². The molecule has 2 aromatic carbocycles. The van der Waals surface area contributed by atoms with Crippen LogP contribution in [-0.4, -0.2) is 33.2 Å². The largest absolute Gasteiger partial charge is 0.479 e. The SMILES string of the molecule is Cc1cccc(C2C(C(=O)c3cccc(Cl)c3)C(c3cccs3)C(C)(C(=O)O)N2C(=O)C2CCCC2)c1. The molecule has 5 nitrogen and oxygen atoms in total. The van der Waals surface area contributed by atoms with Gasteiger partial charge in [0.15, 0.2) is 5.78 Å². The number of rotatable bonds is 6. The molecule has 2 fully saturated rings. The lowest BCUT2D eigenvalue weighted by atomic mass is 9.74. The molecule has 1 saturated carbocycles.